The van der Waals surface area contributed by atoms with E-state index < -0.39 is 5.60 Å². The summed E-state index contributed by atoms with van der Waals surface area (Å²) in [6.45, 7) is 6.65. The lowest BCUT2D eigenvalue weighted by Crippen LogP contribution is -2.58. The minimum absolute atomic E-state index is 0.0216. The summed E-state index contributed by atoms with van der Waals surface area (Å²) >= 11 is 0. The highest BCUT2D eigenvalue weighted by molar-refractivity contribution is 5.79. The van der Waals surface area contributed by atoms with Crippen molar-refractivity contribution in [1.29, 1.82) is 0 Å². The standard InChI is InChI=1S/C27H37FN4O4/c1-20-24(21(2)30(3)29-20)11-12-25(33)32-15-16-36-27(18-32,17-26(34)31-13-5-4-6-14-31)19-35-23-9-7-22(28)8-10-23/h7-10H,4-6,11-19H2,1-3H3. The minimum atomic E-state index is -0.961. The molecule has 0 aliphatic carbocycles. The van der Waals surface area contributed by atoms with E-state index in [0.29, 0.717) is 31.7 Å². The van der Waals surface area contributed by atoms with Gasteiger partial charge in [-0.05, 0) is 69.4 Å². The summed E-state index contributed by atoms with van der Waals surface area (Å²) in [5.41, 5.74) is 2.15. The summed E-state index contributed by atoms with van der Waals surface area (Å²) in [7, 11) is 1.91. The van der Waals surface area contributed by atoms with Crippen LogP contribution in [-0.2, 0) is 27.8 Å². The van der Waals surface area contributed by atoms with Crippen LogP contribution in [0.15, 0.2) is 24.3 Å². The second-order valence-electron chi connectivity index (χ2n) is 9.98. The van der Waals surface area contributed by atoms with Gasteiger partial charge in [0.2, 0.25) is 11.8 Å². The Morgan fingerprint density at radius 2 is 1.78 bits per heavy atom. The Labute approximate surface area is 212 Å². The molecule has 2 fully saturated rings. The normalized spacial score (nSPS) is 20.4. The summed E-state index contributed by atoms with van der Waals surface area (Å²) in [6, 6.07) is 5.78. The van der Waals surface area contributed by atoms with E-state index in [2.05, 4.69) is 5.10 Å². The lowest BCUT2D eigenvalue weighted by atomic mass is 9.95. The van der Waals surface area contributed by atoms with E-state index >= 15 is 0 Å². The van der Waals surface area contributed by atoms with Crippen molar-refractivity contribution in [3.8, 4) is 5.75 Å². The maximum atomic E-state index is 13.3. The van der Waals surface area contributed by atoms with Gasteiger partial charge in [-0.2, -0.15) is 5.10 Å². The third-order valence-electron chi connectivity index (χ3n) is 7.35. The summed E-state index contributed by atoms with van der Waals surface area (Å²) < 4.78 is 27.4. The predicted molar refractivity (Wildman–Crippen MR) is 133 cm³/mol. The molecule has 0 radical (unpaired) electrons. The molecule has 2 aliphatic heterocycles. The molecule has 2 aliphatic rings. The first kappa shape index (κ1) is 26.1. The van der Waals surface area contributed by atoms with Crippen molar-refractivity contribution in [2.24, 2.45) is 7.05 Å². The molecule has 2 amide bonds. The number of nitrogens with zero attached hydrogens (tertiary/aromatic N) is 4. The highest BCUT2D eigenvalue weighted by Crippen LogP contribution is 2.27. The average molecular weight is 501 g/mol. The fourth-order valence-electron chi connectivity index (χ4n) is 5.15. The minimum Gasteiger partial charge on any atom is -0.490 e. The summed E-state index contributed by atoms with van der Waals surface area (Å²) in [5, 5.41) is 4.45. The number of rotatable bonds is 8. The molecule has 0 N–H and O–H groups in total. The van der Waals surface area contributed by atoms with Crippen molar-refractivity contribution in [3.63, 3.8) is 0 Å². The Balaban J connectivity index is 1.46. The van der Waals surface area contributed by atoms with Gasteiger partial charge in [-0.1, -0.05) is 0 Å². The van der Waals surface area contributed by atoms with E-state index in [1.165, 1.54) is 12.1 Å². The van der Waals surface area contributed by atoms with Crippen LogP contribution in [0.5, 0.6) is 5.75 Å². The van der Waals surface area contributed by atoms with E-state index in [1.54, 1.807) is 17.0 Å². The molecule has 1 unspecified atom stereocenters. The van der Waals surface area contributed by atoms with Crippen molar-refractivity contribution in [1.82, 2.24) is 19.6 Å². The van der Waals surface area contributed by atoms with Crippen LogP contribution in [-0.4, -0.2) is 76.4 Å². The average Bonchev–Trinajstić information content (AvgIpc) is 3.13. The zero-order valence-corrected chi connectivity index (χ0v) is 21.6. The zero-order chi connectivity index (χ0) is 25.7. The van der Waals surface area contributed by atoms with Gasteiger partial charge in [0.25, 0.3) is 0 Å². The predicted octanol–water partition coefficient (Wildman–Crippen LogP) is 3.19. The van der Waals surface area contributed by atoms with Gasteiger partial charge in [0.15, 0.2) is 0 Å². The fraction of sp³-hybridized carbons (Fsp3) is 0.593. The van der Waals surface area contributed by atoms with Gasteiger partial charge in [0.05, 0.1) is 25.3 Å². The van der Waals surface area contributed by atoms with Crippen LogP contribution in [0, 0.1) is 19.7 Å². The molecule has 2 saturated heterocycles. The van der Waals surface area contributed by atoms with Crippen LogP contribution in [0.2, 0.25) is 0 Å². The van der Waals surface area contributed by atoms with Crippen molar-refractivity contribution in [3.05, 3.63) is 47.0 Å². The molecule has 2 aromatic rings. The maximum Gasteiger partial charge on any atom is 0.225 e. The van der Waals surface area contributed by atoms with Crippen LogP contribution >= 0.6 is 0 Å². The first-order chi connectivity index (χ1) is 17.3. The Kier molecular flexibility index (Phi) is 8.28. The first-order valence-electron chi connectivity index (χ1n) is 12.8. The maximum absolute atomic E-state index is 13.3. The van der Waals surface area contributed by atoms with Crippen LogP contribution in [0.25, 0.3) is 0 Å². The molecular formula is C27H37FN4O4. The molecular weight excluding hydrogens is 463 g/mol. The molecule has 0 spiro atoms. The Morgan fingerprint density at radius 1 is 1.06 bits per heavy atom. The summed E-state index contributed by atoms with van der Waals surface area (Å²) in [6.07, 6.45) is 4.26. The molecule has 1 aromatic carbocycles. The summed E-state index contributed by atoms with van der Waals surface area (Å²) in [4.78, 5) is 30.2. The lowest BCUT2D eigenvalue weighted by Gasteiger charge is -2.43. The van der Waals surface area contributed by atoms with Crippen LogP contribution in [0.3, 0.4) is 0 Å². The molecule has 9 heteroatoms. The van der Waals surface area contributed by atoms with Crippen LogP contribution < -0.4 is 4.74 Å². The van der Waals surface area contributed by atoms with Gasteiger partial charge in [0.1, 0.15) is 23.8 Å². The number of piperidine rings is 1. The van der Waals surface area contributed by atoms with Crippen molar-refractivity contribution in [2.45, 2.75) is 58.0 Å². The van der Waals surface area contributed by atoms with Gasteiger partial charge in [-0.25, -0.2) is 4.39 Å². The Hall–Kier alpha value is -2.94. The Morgan fingerprint density at radius 3 is 2.44 bits per heavy atom. The number of aryl methyl sites for hydroxylation is 2. The number of hydrogen-bond donors (Lipinski definition) is 0. The van der Waals surface area contributed by atoms with Gasteiger partial charge in [-0.3, -0.25) is 14.3 Å². The van der Waals surface area contributed by atoms with Crippen LogP contribution in [0.4, 0.5) is 4.39 Å². The number of likely N-dealkylation sites (tertiary alicyclic amines) is 1. The number of morpholine rings is 1. The zero-order valence-electron chi connectivity index (χ0n) is 21.6. The van der Waals surface area contributed by atoms with Gasteiger partial charge >= 0.3 is 0 Å². The number of carbonyl (C=O) groups is 2. The monoisotopic (exact) mass is 500 g/mol. The number of aromatic nitrogens is 2. The second kappa shape index (κ2) is 11.4. The fourth-order valence-corrected chi connectivity index (χ4v) is 5.15. The van der Waals surface area contributed by atoms with E-state index in [1.807, 2.05) is 30.5 Å². The van der Waals surface area contributed by atoms with Crippen molar-refractivity contribution >= 4 is 11.8 Å². The molecule has 196 valence electrons. The third-order valence-corrected chi connectivity index (χ3v) is 7.35. The van der Waals surface area contributed by atoms with E-state index in [0.717, 1.165) is 49.3 Å². The van der Waals surface area contributed by atoms with Gasteiger partial charge in [-0.15, -0.1) is 0 Å². The third kappa shape index (κ3) is 6.24. The van der Waals surface area contributed by atoms with Gasteiger partial charge < -0.3 is 19.3 Å². The molecule has 0 saturated carbocycles. The number of amides is 2. The smallest absolute Gasteiger partial charge is 0.225 e. The highest BCUT2D eigenvalue weighted by Gasteiger charge is 2.42. The number of ether oxygens (including phenoxy) is 2. The largest absolute Gasteiger partial charge is 0.490 e. The molecule has 36 heavy (non-hydrogen) atoms. The SMILES string of the molecule is Cc1nn(C)c(C)c1CCC(=O)N1CCOC(COc2ccc(F)cc2)(CC(=O)N2CCCCC2)C1. The van der Waals surface area contributed by atoms with E-state index in [-0.39, 0.29) is 37.2 Å². The van der Waals surface area contributed by atoms with Crippen molar-refractivity contribution in [2.75, 3.05) is 39.4 Å². The number of benzene rings is 1. The van der Waals surface area contributed by atoms with Gasteiger partial charge in [0, 0.05) is 38.8 Å². The van der Waals surface area contributed by atoms with E-state index in [4.69, 9.17) is 9.47 Å². The number of carbonyl (C=O) groups excluding carboxylic acids is 2. The molecule has 4 rings (SSSR count). The Bertz CT molecular complexity index is 1060. The molecule has 3 heterocycles. The molecule has 0 bridgehead atoms. The molecule has 1 aromatic heterocycles. The highest BCUT2D eigenvalue weighted by atomic mass is 19.1. The van der Waals surface area contributed by atoms with E-state index in [9.17, 15) is 14.0 Å². The quantitative estimate of drug-likeness (QED) is 0.557. The molecule has 8 nitrogen and oxygen atoms in total. The summed E-state index contributed by atoms with van der Waals surface area (Å²) in [5.74, 6) is 0.198. The van der Waals surface area contributed by atoms with Crippen LogP contribution in [0.1, 0.15) is 49.1 Å². The van der Waals surface area contributed by atoms with Crippen molar-refractivity contribution < 1.29 is 23.5 Å². The number of halogens is 1. The first-order valence-corrected chi connectivity index (χ1v) is 12.8. The number of hydrogen-bond acceptors (Lipinski definition) is 5. The lowest BCUT2D eigenvalue weighted by molar-refractivity contribution is -0.166. The molecule has 1 atom stereocenters. The second-order valence-corrected chi connectivity index (χ2v) is 9.98. The topological polar surface area (TPSA) is 76.9 Å².